The Hall–Kier alpha value is -2.41. The summed E-state index contributed by atoms with van der Waals surface area (Å²) in [6.07, 6.45) is 7.41. The van der Waals surface area contributed by atoms with Crippen LogP contribution in [0, 0.1) is 11.8 Å². The molecule has 1 aromatic carbocycles. The van der Waals surface area contributed by atoms with Crippen molar-refractivity contribution in [1.29, 1.82) is 0 Å². The summed E-state index contributed by atoms with van der Waals surface area (Å²) in [5.74, 6) is 0.337. The Bertz CT molecular complexity index is 841. The van der Waals surface area contributed by atoms with Crippen molar-refractivity contribution < 1.29 is 18.7 Å². The molecule has 0 bridgehead atoms. The maximum absolute atomic E-state index is 12.9. The predicted octanol–water partition coefficient (Wildman–Crippen LogP) is 3.11. The van der Waals surface area contributed by atoms with Crippen LogP contribution in [-0.4, -0.2) is 36.6 Å². The summed E-state index contributed by atoms with van der Waals surface area (Å²) in [6.45, 7) is 0.893. The number of esters is 1. The maximum Gasteiger partial charge on any atom is 0.394 e. The van der Waals surface area contributed by atoms with Gasteiger partial charge in [0.1, 0.15) is 5.52 Å². The number of fused-ring (bicyclic) bond motifs is 1. The Kier molecular flexibility index (Phi) is 5.11. The number of aromatic nitrogens is 1. The third-order valence-electron chi connectivity index (χ3n) is 5.82. The fourth-order valence-electron chi connectivity index (χ4n) is 4.48. The van der Waals surface area contributed by atoms with Gasteiger partial charge in [0.25, 0.3) is 0 Å². The van der Waals surface area contributed by atoms with Crippen molar-refractivity contribution in [2.75, 3.05) is 19.0 Å². The molecule has 1 saturated carbocycles. The van der Waals surface area contributed by atoms with Crippen LogP contribution in [0.25, 0.3) is 11.1 Å². The van der Waals surface area contributed by atoms with Crippen LogP contribution < -0.4 is 10.6 Å². The van der Waals surface area contributed by atoms with E-state index in [1.807, 2.05) is 0 Å². The number of hydrogen-bond acceptors (Lipinski definition) is 6. The first-order valence-corrected chi connectivity index (χ1v) is 9.69. The van der Waals surface area contributed by atoms with E-state index in [-0.39, 0.29) is 17.8 Å². The van der Waals surface area contributed by atoms with Gasteiger partial charge in [-0.25, -0.2) is 9.78 Å². The summed E-state index contributed by atoms with van der Waals surface area (Å²) in [7, 11) is 1.28. The number of carbonyl (C=O) groups excluding carboxylic acids is 2. The number of benzene rings is 1. The van der Waals surface area contributed by atoms with E-state index in [1.165, 1.54) is 39.2 Å². The van der Waals surface area contributed by atoms with Gasteiger partial charge in [-0.1, -0.05) is 32.1 Å². The van der Waals surface area contributed by atoms with Gasteiger partial charge >= 0.3 is 11.9 Å². The van der Waals surface area contributed by atoms with Gasteiger partial charge in [-0.2, -0.15) is 0 Å². The first-order valence-electron chi connectivity index (χ1n) is 9.69. The molecule has 2 heterocycles. The van der Waals surface area contributed by atoms with Crippen LogP contribution in [0.1, 0.15) is 49.2 Å². The Morgan fingerprint density at radius 1 is 1.22 bits per heavy atom. The van der Waals surface area contributed by atoms with Gasteiger partial charge < -0.3 is 19.8 Å². The lowest BCUT2D eigenvalue weighted by Crippen LogP contribution is -2.42. The number of methoxy groups -OCH3 is 1. The number of ether oxygens (including phenoxy) is 1. The normalized spacial score (nSPS) is 23.4. The molecule has 1 aliphatic carbocycles. The highest BCUT2D eigenvalue weighted by molar-refractivity contribution is 5.97. The van der Waals surface area contributed by atoms with Crippen LogP contribution in [-0.2, 0) is 9.53 Å². The Balaban J connectivity index is 1.47. The highest BCUT2D eigenvalue weighted by atomic mass is 16.5. The van der Waals surface area contributed by atoms with E-state index in [0.717, 1.165) is 13.0 Å². The van der Waals surface area contributed by atoms with E-state index in [2.05, 4.69) is 20.4 Å². The molecule has 2 atom stereocenters. The minimum absolute atomic E-state index is 0.000824. The zero-order valence-corrected chi connectivity index (χ0v) is 15.5. The van der Waals surface area contributed by atoms with Crippen molar-refractivity contribution in [3.8, 4) is 0 Å². The van der Waals surface area contributed by atoms with E-state index >= 15 is 0 Å². The smallest absolute Gasteiger partial charge is 0.394 e. The van der Waals surface area contributed by atoms with Crippen LogP contribution in [0.15, 0.2) is 22.6 Å². The van der Waals surface area contributed by atoms with Crippen LogP contribution in [0.5, 0.6) is 0 Å². The lowest BCUT2D eigenvalue weighted by molar-refractivity contribution is -0.119. The maximum atomic E-state index is 12.9. The number of nitrogens with zero attached hydrogens (tertiary/aromatic N) is 1. The number of amides is 1. The second kappa shape index (κ2) is 7.68. The summed E-state index contributed by atoms with van der Waals surface area (Å²) in [4.78, 5) is 28.6. The number of nitrogens with one attached hydrogen (secondary N) is 2. The van der Waals surface area contributed by atoms with Crippen LogP contribution in [0.4, 0.5) is 5.69 Å². The van der Waals surface area contributed by atoms with Gasteiger partial charge in [0.05, 0.1) is 13.2 Å². The monoisotopic (exact) mass is 371 g/mol. The predicted molar refractivity (Wildman–Crippen MR) is 100 cm³/mol. The number of rotatable bonds is 4. The molecule has 2 N–H and O–H groups in total. The Morgan fingerprint density at radius 3 is 2.81 bits per heavy atom. The highest BCUT2D eigenvalue weighted by Gasteiger charge is 2.38. The molecule has 1 amide bonds. The number of oxazole rings is 1. The summed E-state index contributed by atoms with van der Waals surface area (Å²) in [6, 6.07) is 5.03. The molecule has 144 valence electrons. The third-order valence-corrected chi connectivity index (χ3v) is 5.82. The number of anilines is 1. The fraction of sp³-hybridized carbons (Fsp3) is 0.550. The van der Waals surface area contributed by atoms with Gasteiger partial charge in [-0.3, -0.25) is 4.79 Å². The molecular formula is C20H25N3O4. The van der Waals surface area contributed by atoms with Gasteiger partial charge in [0.2, 0.25) is 5.91 Å². The average Bonchev–Trinajstić information content (AvgIpc) is 3.34. The van der Waals surface area contributed by atoms with Crippen LogP contribution >= 0.6 is 0 Å². The molecule has 0 unspecified atom stereocenters. The van der Waals surface area contributed by atoms with Crippen molar-refractivity contribution in [3.05, 3.63) is 24.1 Å². The van der Waals surface area contributed by atoms with E-state index in [9.17, 15) is 9.59 Å². The first kappa shape index (κ1) is 18.0. The quantitative estimate of drug-likeness (QED) is 0.802. The molecule has 27 heavy (non-hydrogen) atoms. The molecule has 0 radical (unpaired) electrons. The van der Waals surface area contributed by atoms with Crippen molar-refractivity contribution in [3.63, 3.8) is 0 Å². The van der Waals surface area contributed by atoms with Crippen molar-refractivity contribution in [2.24, 2.45) is 11.8 Å². The molecule has 1 saturated heterocycles. The second-order valence-electron chi connectivity index (χ2n) is 7.46. The average molecular weight is 371 g/mol. The molecule has 4 rings (SSSR count). The largest absolute Gasteiger partial charge is 0.462 e. The van der Waals surface area contributed by atoms with E-state index in [0.29, 0.717) is 28.6 Å². The highest BCUT2D eigenvalue weighted by Crippen LogP contribution is 2.36. The van der Waals surface area contributed by atoms with E-state index < -0.39 is 5.97 Å². The lowest BCUT2D eigenvalue weighted by Gasteiger charge is -2.30. The molecule has 1 aromatic heterocycles. The summed E-state index contributed by atoms with van der Waals surface area (Å²) >= 11 is 0. The van der Waals surface area contributed by atoms with Crippen LogP contribution in [0.2, 0.25) is 0 Å². The van der Waals surface area contributed by atoms with Gasteiger partial charge in [-0.05, 0) is 43.0 Å². The molecule has 2 fully saturated rings. The van der Waals surface area contributed by atoms with Gasteiger partial charge in [0, 0.05) is 5.69 Å². The fourth-order valence-corrected chi connectivity index (χ4v) is 4.48. The minimum atomic E-state index is -0.623. The standard InChI is InChI=1S/C20H25N3O4/c1-26-20(25)19-23-15-11-13(7-8-16(15)27-19)22-18(24)17-14(9-10-21-17)12-5-3-2-4-6-12/h7-8,11-12,14,17,21H,2-6,9-10H2,1H3,(H,22,24)/t14-,17-/m0/s1. The van der Waals surface area contributed by atoms with E-state index in [1.54, 1.807) is 18.2 Å². The van der Waals surface area contributed by atoms with Gasteiger partial charge in [-0.15, -0.1) is 0 Å². The van der Waals surface area contributed by atoms with Crippen molar-refractivity contribution >= 4 is 28.7 Å². The summed E-state index contributed by atoms with van der Waals surface area (Å²) < 4.78 is 9.99. The third kappa shape index (κ3) is 3.69. The minimum Gasteiger partial charge on any atom is -0.462 e. The number of carbonyl (C=O) groups is 2. The van der Waals surface area contributed by atoms with Crippen molar-refractivity contribution in [1.82, 2.24) is 10.3 Å². The zero-order chi connectivity index (χ0) is 18.8. The molecule has 2 aliphatic rings. The van der Waals surface area contributed by atoms with Crippen molar-refractivity contribution in [2.45, 2.75) is 44.6 Å². The Morgan fingerprint density at radius 2 is 2.04 bits per heavy atom. The Labute approximate surface area is 157 Å². The van der Waals surface area contributed by atoms with Crippen LogP contribution in [0.3, 0.4) is 0 Å². The first-order chi connectivity index (χ1) is 13.2. The summed E-state index contributed by atoms with van der Waals surface area (Å²) in [5, 5.41) is 6.38. The molecule has 1 aliphatic heterocycles. The number of hydrogen-bond donors (Lipinski definition) is 2. The zero-order valence-electron chi connectivity index (χ0n) is 15.5. The lowest BCUT2D eigenvalue weighted by atomic mass is 9.76. The SMILES string of the molecule is COC(=O)c1nc2cc(NC(=O)[C@H]3NCC[C@H]3C3CCCCC3)ccc2o1. The molecule has 0 spiro atoms. The van der Waals surface area contributed by atoms with Gasteiger partial charge in [0.15, 0.2) is 5.58 Å². The molecular weight excluding hydrogens is 346 g/mol. The molecule has 2 aromatic rings. The molecule has 7 nitrogen and oxygen atoms in total. The second-order valence-corrected chi connectivity index (χ2v) is 7.46. The summed E-state index contributed by atoms with van der Waals surface area (Å²) in [5.41, 5.74) is 1.64. The molecule has 7 heteroatoms. The van der Waals surface area contributed by atoms with E-state index in [4.69, 9.17) is 4.42 Å². The topological polar surface area (TPSA) is 93.5 Å².